The van der Waals surface area contributed by atoms with Gasteiger partial charge >= 0.3 is 0 Å². The highest BCUT2D eigenvalue weighted by Gasteiger charge is 2.09. The lowest BCUT2D eigenvalue weighted by molar-refractivity contribution is 1.28. The van der Waals surface area contributed by atoms with E-state index >= 15 is 0 Å². The summed E-state index contributed by atoms with van der Waals surface area (Å²) in [7, 11) is 1.04. The maximum atomic E-state index is 2.28. The van der Waals surface area contributed by atoms with Crippen LogP contribution < -0.4 is 10.9 Å². The molecule has 0 nitrogen and oxygen atoms in total. The van der Waals surface area contributed by atoms with Crippen LogP contribution >= 0.6 is 0 Å². The molecular formula is C18H23B. The molecule has 0 radical (unpaired) electrons. The van der Waals surface area contributed by atoms with Crippen LogP contribution in [0.25, 0.3) is 0 Å². The normalized spacial score (nSPS) is 10.6. The van der Waals surface area contributed by atoms with E-state index in [-0.39, 0.29) is 0 Å². The van der Waals surface area contributed by atoms with Gasteiger partial charge in [0.25, 0.3) is 0 Å². The molecule has 0 spiro atoms. The van der Waals surface area contributed by atoms with Crippen LogP contribution in [0.3, 0.4) is 0 Å². The second-order valence-corrected chi connectivity index (χ2v) is 5.76. The van der Waals surface area contributed by atoms with Crippen LogP contribution in [-0.4, -0.2) is 7.28 Å². The van der Waals surface area contributed by atoms with Crippen molar-refractivity contribution in [3.63, 3.8) is 0 Å². The molecule has 2 rings (SSSR count). The minimum atomic E-state index is 1.04. The summed E-state index contributed by atoms with van der Waals surface area (Å²) in [6, 6.07) is 9.06. The lowest BCUT2D eigenvalue weighted by Gasteiger charge is -2.14. The van der Waals surface area contributed by atoms with Crippen LogP contribution in [0.5, 0.6) is 0 Å². The fourth-order valence-corrected chi connectivity index (χ4v) is 2.61. The molecule has 0 amide bonds. The van der Waals surface area contributed by atoms with Crippen molar-refractivity contribution in [2.45, 2.75) is 41.5 Å². The van der Waals surface area contributed by atoms with Gasteiger partial charge in [0.15, 0.2) is 7.28 Å². The molecule has 0 aliphatic carbocycles. The van der Waals surface area contributed by atoms with Gasteiger partial charge in [-0.2, -0.15) is 0 Å². The van der Waals surface area contributed by atoms with Crippen LogP contribution in [0.4, 0.5) is 0 Å². The number of aryl methyl sites for hydroxylation is 2. The second-order valence-electron chi connectivity index (χ2n) is 5.76. The third-order valence-electron chi connectivity index (χ3n) is 4.72. The van der Waals surface area contributed by atoms with Crippen molar-refractivity contribution in [1.29, 1.82) is 0 Å². The van der Waals surface area contributed by atoms with Crippen LogP contribution in [0.1, 0.15) is 33.4 Å². The Kier molecular flexibility index (Phi) is 3.84. The third kappa shape index (κ3) is 2.61. The van der Waals surface area contributed by atoms with Crippen LogP contribution in [-0.2, 0) is 0 Å². The molecule has 0 unspecified atom stereocenters. The average Bonchev–Trinajstić information content (AvgIpc) is 2.39. The van der Waals surface area contributed by atoms with Gasteiger partial charge in [-0.3, -0.25) is 0 Å². The summed E-state index contributed by atoms with van der Waals surface area (Å²) in [5.74, 6) is 0. The highest BCUT2D eigenvalue weighted by atomic mass is 14.1. The third-order valence-corrected chi connectivity index (χ3v) is 4.72. The number of rotatable bonds is 2. The van der Waals surface area contributed by atoms with E-state index in [0.29, 0.717) is 0 Å². The summed E-state index contributed by atoms with van der Waals surface area (Å²) >= 11 is 0. The first-order valence-corrected chi connectivity index (χ1v) is 7.03. The first-order valence-electron chi connectivity index (χ1n) is 7.03. The molecule has 0 bridgehead atoms. The van der Waals surface area contributed by atoms with E-state index in [1.165, 1.54) is 44.3 Å². The van der Waals surface area contributed by atoms with Crippen molar-refractivity contribution in [2.75, 3.05) is 0 Å². The van der Waals surface area contributed by atoms with Crippen molar-refractivity contribution >= 4 is 18.2 Å². The highest BCUT2D eigenvalue weighted by Crippen LogP contribution is 2.11. The van der Waals surface area contributed by atoms with Crippen molar-refractivity contribution < 1.29 is 0 Å². The molecule has 0 saturated carbocycles. The van der Waals surface area contributed by atoms with Crippen LogP contribution in [0, 0.1) is 41.5 Å². The van der Waals surface area contributed by atoms with Gasteiger partial charge in [0.1, 0.15) is 0 Å². The molecule has 2 aromatic carbocycles. The number of hydrogen-bond acceptors (Lipinski definition) is 0. The summed E-state index contributed by atoms with van der Waals surface area (Å²) in [6.07, 6.45) is 0. The van der Waals surface area contributed by atoms with E-state index < -0.39 is 0 Å². The maximum absolute atomic E-state index is 2.28. The zero-order chi connectivity index (χ0) is 14.2. The van der Waals surface area contributed by atoms with E-state index in [2.05, 4.69) is 65.8 Å². The first-order chi connectivity index (χ1) is 8.91. The Morgan fingerprint density at radius 2 is 0.895 bits per heavy atom. The molecule has 0 heterocycles. The minimum Gasteiger partial charge on any atom is -0.0754 e. The minimum absolute atomic E-state index is 1.04. The molecule has 0 saturated heterocycles. The molecular weight excluding hydrogens is 227 g/mol. The second kappa shape index (κ2) is 5.24. The van der Waals surface area contributed by atoms with Gasteiger partial charge in [-0.15, -0.1) is 0 Å². The maximum Gasteiger partial charge on any atom is 0.192 e. The van der Waals surface area contributed by atoms with Gasteiger partial charge in [-0.05, 0) is 63.8 Å². The van der Waals surface area contributed by atoms with Crippen molar-refractivity contribution in [2.24, 2.45) is 0 Å². The van der Waals surface area contributed by atoms with E-state index in [1.54, 1.807) is 0 Å². The molecule has 0 atom stereocenters. The van der Waals surface area contributed by atoms with Gasteiger partial charge in [-0.1, -0.05) is 46.3 Å². The highest BCUT2D eigenvalue weighted by molar-refractivity contribution is 6.68. The monoisotopic (exact) mass is 250 g/mol. The molecule has 0 aliphatic rings. The van der Waals surface area contributed by atoms with E-state index in [0.717, 1.165) is 7.28 Å². The quantitative estimate of drug-likeness (QED) is 0.719. The van der Waals surface area contributed by atoms with Crippen LogP contribution in [0.2, 0.25) is 0 Å². The fourth-order valence-electron chi connectivity index (χ4n) is 2.61. The SMILES string of the molecule is Cc1ccc(Bc2ccc(C)c(C)c2C)c(C)c1C. The first kappa shape index (κ1) is 13.9. The zero-order valence-electron chi connectivity index (χ0n) is 13.0. The van der Waals surface area contributed by atoms with E-state index in [1.807, 2.05) is 0 Å². The lowest BCUT2D eigenvalue weighted by atomic mass is 9.60. The Bertz CT molecular complexity index is 569. The molecule has 0 aliphatic heterocycles. The van der Waals surface area contributed by atoms with Gasteiger partial charge in [-0.25, -0.2) is 0 Å². The van der Waals surface area contributed by atoms with Gasteiger partial charge < -0.3 is 0 Å². The number of benzene rings is 2. The molecule has 2 aromatic rings. The summed E-state index contributed by atoms with van der Waals surface area (Å²) < 4.78 is 0. The Labute approximate surface area is 118 Å². The Balaban J connectivity index is 2.43. The predicted molar refractivity (Wildman–Crippen MR) is 87.7 cm³/mol. The molecule has 0 fully saturated rings. The fraction of sp³-hybridized carbons (Fsp3) is 0.333. The smallest absolute Gasteiger partial charge is 0.0754 e. The van der Waals surface area contributed by atoms with Gasteiger partial charge in [0.2, 0.25) is 0 Å². The summed E-state index contributed by atoms with van der Waals surface area (Å²) in [5, 5.41) is 0. The lowest BCUT2D eigenvalue weighted by Crippen LogP contribution is -2.32. The average molecular weight is 250 g/mol. The summed E-state index contributed by atoms with van der Waals surface area (Å²) in [5.41, 5.74) is 11.4. The molecule has 19 heavy (non-hydrogen) atoms. The molecule has 0 aromatic heterocycles. The van der Waals surface area contributed by atoms with Crippen molar-refractivity contribution in [3.8, 4) is 0 Å². The predicted octanol–water partition coefficient (Wildman–Crippen LogP) is 2.92. The molecule has 0 N–H and O–H groups in total. The Hall–Kier alpha value is -1.50. The number of hydrogen-bond donors (Lipinski definition) is 0. The Morgan fingerprint density at radius 3 is 1.26 bits per heavy atom. The zero-order valence-corrected chi connectivity index (χ0v) is 13.0. The largest absolute Gasteiger partial charge is 0.192 e. The van der Waals surface area contributed by atoms with Gasteiger partial charge in [0, 0.05) is 0 Å². The Morgan fingerprint density at radius 1 is 0.526 bits per heavy atom. The summed E-state index contributed by atoms with van der Waals surface area (Å²) in [4.78, 5) is 0. The van der Waals surface area contributed by atoms with Crippen molar-refractivity contribution in [1.82, 2.24) is 0 Å². The standard InChI is InChI=1S/C18H23B/c1-11-7-9-17(15(5)13(11)3)19-18-10-8-12(2)14(4)16(18)6/h7-10,19H,1-6H3. The topological polar surface area (TPSA) is 0 Å². The van der Waals surface area contributed by atoms with Crippen LogP contribution in [0.15, 0.2) is 24.3 Å². The summed E-state index contributed by atoms with van der Waals surface area (Å²) in [6.45, 7) is 13.3. The van der Waals surface area contributed by atoms with Gasteiger partial charge in [0.05, 0.1) is 0 Å². The van der Waals surface area contributed by atoms with E-state index in [9.17, 15) is 0 Å². The molecule has 1 heteroatoms. The molecule has 98 valence electrons. The van der Waals surface area contributed by atoms with E-state index in [4.69, 9.17) is 0 Å². The van der Waals surface area contributed by atoms with Crippen molar-refractivity contribution in [3.05, 3.63) is 57.6 Å².